The Morgan fingerprint density at radius 3 is 2.61 bits per heavy atom. The summed E-state index contributed by atoms with van der Waals surface area (Å²) in [6, 6.07) is 6.49. The molecule has 3 amide bonds. The first-order valence-corrected chi connectivity index (χ1v) is 15.0. The zero-order valence-electron chi connectivity index (χ0n) is 24.3. The van der Waals surface area contributed by atoms with Crippen LogP contribution < -0.4 is 21.3 Å². The molecule has 13 nitrogen and oxygen atoms in total. The summed E-state index contributed by atoms with van der Waals surface area (Å²) in [5.41, 5.74) is -0.222. The summed E-state index contributed by atoms with van der Waals surface area (Å²) in [6.45, 7) is 2.23. The molecule has 2 aliphatic heterocycles. The molecule has 1 aromatic carbocycles. The fourth-order valence-electron chi connectivity index (χ4n) is 5.67. The molecule has 5 heterocycles. The van der Waals surface area contributed by atoms with Gasteiger partial charge in [-0.15, -0.1) is 0 Å². The molecule has 3 aromatic heterocycles. The molecule has 0 spiro atoms. The third-order valence-corrected chi connectivity index (χ3v) is 8.25. The van der Waals surface area contributed by atoms with E-state index in [2.05, 4.69) is 36.3 Å². The molecule has 6 rings (SSSR count). The predicted octanol–water partition coefficient (Wildman–Crippen LogP) is 3.80. The second-order valence-corrected chi connectivity index (χ2v) is 11.5. The Labute approximate surface area is 265 Å². The summed E-state index contributed by atoms with van der Waals surface area (Å²) in [4.78, 5) is 35.9. The minimum Gasteiger partial charge on any atom is -0.338 e. The van der Waals surface area contributed by atoms with Crippen LogP contribution in [0.2, 0.25) is 5.02 Å². The second kappa shape index (κ2) is 12.9. The maximum absolute atomic E-state index is 13.8. The maximum atomic E-state index is 13.8. The van der Waals surface area contributed by atoms with Crippen LogP contribution in [0.3, 0.4) is 0 Å². The Morgan fingerprint density at radius 1 is 1.13 bits per heavy atom. The van der Waals surface area contributed by atoms with Crippen LogP contribution in [0.15, 0.2) is 43.0 Å². The van der Waals surface area contributed by atoms with Gasteiger partial charge in [-0.3, -0.25) is 13.9 Å². The number of anilines is 2. The topological polar surface area (TPSA) is 157 Å². The van der Waals surface area contributed by atoms with Crippen LogP contribution >= 0.6 is 11.6 Å². The van der Waals surface area contributed by atoms with Crippen LogP contribution in [0, 0.1) is 11.3 Å². The van der Waals surface area contributed by atoms with Crippen molar-refractivity contribution in [1.29, 1.82) is 5.26 Å². The number of rotatable bonds is 7. The summed E-state index contributed by atoms with van der Waals surface area (Å²) in [7, 11) is 0. The summed E-state index contributed by atoms with van der Waals surface area (Å²) in [5, 5.41) is 24.9. The molecule has 2 saturated heterocycles. The monoisotopic (exact) mass is 655 g/mol. The van der Waals surface area contributed by atoms with Gasteiger partial charge in [0.05, 0.1) is 34.1 Å². The molecule has 0 bridgehead atoms. The average Bonchev–Trinajstić information content (AvgIpc) is 3.78. The second-order valence-electron chi connectivity index (χ2n) is 11.1. The van der Waals surface area contributed by atoms with E-state index in [1.807, 2.05) is 0 Å². The predicted molar refractivity (Wildman–Crippen MR) is 161 cm³/mol. The zero-order valence-corrected chi connectivity index (χ0v) is 25.1. The van der Waals surface area contributed by atoms with Gasteiger partial charge in [0.1, 0.15) is 6.54 Å². The number of hydrogen-bond acceptors (Lipinski definition) is 8. The number of piperidine rings is 1. The minimum absolute atomic E-state index is 0.0346. The Bertz CT molecular complexity index is 1800. The number of imidazole rings is 1. The smallest absolute Gasteiger partial charge is 0.338 e. The average molecular weight is 656 g/mol. The number of halogens is 4. The van der Waals surface area contributed by atoms with E-state index in [1.54, 1.807) is 29.2 Å². The van der Waals surface area contributed by atoms with E-state index in [0.717, 1.165) is 30.4 Å². The molecular formula is C29H29ClF3N11O2. The zero-order chi connectivity index (χ0) is 32.4. The lowest BCUT2D eigenvalue weighted by atomic mass is 10.0. The summed E-state index contributed by atoms with van der Waals surface area (Å²) >= 11 is 6.54. The number of nitriles is 1. The SMILES string of the molecule is N#CCn1cc(-c2cnc3c(Nc4ccc(C(=O)N5CCC(NC(=O)NC6CCNC6)CC5)c(Cl)c4)nccn23)c(C(F)(F)F)n1. The van der Waals surface area contributed by atoms with Crippen molar-refractivity contribution in [2.75, 3.05) is 31.5 Å². The molecule has 17 heteroatoms. The van der Waals surface area contributed by atoms with E-state index in [4.69, 9.17) is 16.9 Å². The number of urea groups is 1. The molecule has 240 valence electrons. The van der Waals surface area contributed by atoms with Crippen LogP contribution in [-0.2, 0) is 12.7 Å². The summed E-state index contributed by atoms with van der Waals surface area (Å²) < 4.78 is 43.6. The third-order valence-electron chi connectivity index (χ3n) is 7.94. The Balaban J connectivity index is 1.13. The van der Waals surface area contributed by atoms with Gasteiger partial charge >= 0.3 is 12.2 Å². The number of hydrogen-bond donors (Lipinski definition) is 4. The Morgan fingerprint density at radius 2 is 1.91 bits per heavy atom. The van der Waals surface area contributed by atoms with Gasteiger partial charge in [0, 0.05) is 56.0 Å². The number of alkyl halides is 3. The highest BCUT2D eigenvalue weighted by atomic mass is 35.5. The highest BCUT2D eigenvalue weighted by Crippen LogP contribution is 2.37. The molecule has 2 aliphatic rings. The van der Waals surface area contributed by atoms with Crippen molar-refractivity contribution in [3.8, 4) is 17.3 Å². The number of carbonyl (C=O) groups excluding carboxylic acids is 2. The van der Waals surface area contributed by atoms with Gasteiger partial charge in [-0.05, 0) is 44.0 Å². The molecule has 1 atom stereocenters. The number of likely N-dealkylation sites (tertiary alicyclic amines) is 1. The van der Waals surface area contributed by atoms with Crippen LogP contribution in [-0.4, -0.2) is 79.3 Å². The number of amides is 3. The summed E-state index contributed by atoms with van der Waals surface area (Å²) in [6.07, 6.45) is 2.69. The molecule has 1 unspecified atom stereocenters. The van der Waals surface area contributed by atoms with E-state index >= 15 is 0 Å². The van der Waals surface area contributed by atoms with Gasteiger partial charge in [-0.25, -0.2) is 14.8 Å². The lowest BCUT2D eigenvalue weighted by Gasteiger charge is -2.33. The first-order valence-electron chi connectivity index (χ1n) is 14.6. The van der Waals surface area contributed by atoms with Gasteiger partial charge in [0.2, 0.25) is 0 Å². The van der Waals surface area contributed by atoms with Crippen molar-refractivity contribution in [2.45, 2.75) is 44.1 Å². The van der Waals surface area contributed by atoms with Crippen molar-refractivity contribution in [2.24, 2.45) is 0 Å². The number of nitrogens with one attached hydrogen (secondary N) is 4. The number of benzene rings is 1. The van der Waals surface area contributed by atoms with Crippen LogP contribution in [0.4, 0.5) is 29.5 Å². The molecule has 0 saturated carbocycles. The van der Waals surface area contributed by atoms with E-state index in [0.29, 0.717) is 37.2 Å². The van der Waals surface area contributed by atoms with Gasteiger partial charge in [0.15, 0.2) is 17.2 Å². The van der Waals surface area contributed by atoms with E-state index in [9.17, 15) is 22.8 Å². The Hall–Kier alpha value is -4.88. The van der Waals surface area contributed by atoms with Crippen molar-refractivity contribution in [3.63, 3.8) is 0 Å². The first-order chi connectivity index (χ1) is 22.1. The van der Waals surface area contributed by atoms with Crippen molar-refractivity contribution < 1.29 is 22.8 Å². The van der Waals surface area contributed by atoms with E-state index in [1.165, 1.54) is 23.0 Å². The van der Waals surface area contributed by atoms with Crippen LogP contribution in [0.1, 0.15) is 35.3 Å². The minimum atomic E-state index is -4.75. The quantitative estimate of drug-likeness (QED) is 0.234. The molecule has 46 heavy (non-hydrogen) atoms. The molecule has 4 aromatic rings. The van der Waals surface area contributed by atoms with Gasteiger partial charge < -0.3 is 26.2 Å². The fraction of sp³-hybridized carbons (Fsp3) is 0.379. The van der Waals surface area contributed by atoms with Crippen molar-refractivity contribution in [3.05, 3.63) is 59.3 Å². The fourth-order valence-corrected chi connectivity index (χ4v) is 5.93. The van der Waals surface area contributed by atoms with Crippen LogP contribution in [0.5, 0.6) is 0 Å². The number of fused-ring (bicyclic) bond motifs is 1. The lowest BCUT2D eigenvalue weighted by molar-refractivity contribution is -0.141. The highest BCUT2D eigenvalue weighted by molar-refractivity contribution is 6.34. The largest absolute Gasteiger partial charge is 0.435 e. The molecule has 0 radical (unpaired) electrons. The normalized spacial score (nSPS) is 17.2. The number of carbonyl (C=O) groups is 2. The van der Waals surface area contributed by atoms with Crippen LogP contribution in [0.25, 0.3) is 16.9 Å². The third kappa shape index (κ3) is 6.56. The van der Waals surface area contributed by atoms with Gasteiger partial charge in [-0.1, -0.05) is 11.6 Å². The molecule has 2 fully saturated rings. The highest BCUT2D eigenvalue weighted by Gasteiger charge is 2.38. The Kier molecular flexibility index (Phi) is 8.69. The van der Waals surface area contributed by atoms with Gasteiger partial charge in [0.25, 0.3) is 5.91 Å². The molecule has 4 N–H and O–H groups in total. The van der Waals surface area contributed by atoms with E-state index < -0.39 is 11.9 Å². The molecular weight excluding hydrogens is 627 g/mol. The number of aromatic nitrogens is 5. The number of nitrogens with zero attached hydrogens (tertiary/aromatic N) is 7. The lowest BCUT2D eigenvalue weighted by Crippen LogP contribution is -2.51. The van der Waals surface area contributed by atoms with E-state index in [-0.39, 0.29) is 58.3 Å². The first kappa shape index (κ1) is 31.1. The van der Waals surface area contributed by atoms with Crippen molar-refractivity contribution in [1.82, 2.24) is 45.0 Å². The standard InChI is InChI=1S/C29H29ClF3N11O2/c30-22-13-18(1-2-20(22)27(45)42-9-4-17(5-10-42)39-28(46)40-19-3-7-35-14-19)38-25-26-37-15-23(44(26)12-8-36-25)21-16-43(11-6-34)41-24(21)29(31,32)33/h1-2,8,12-13,15-17,19,35H,3-5,7,9-11,14H2,(H,36,38)(H2,39,40,46). The molecule has 0 aliphatic carbocycles. The summed E-state index contributed by atoms with van der Waals surface area (Å²) in [5.74, 6) is 0.0108. The van der Waals surface area contributed by atoms with Gasteiger partial charge in [-0.2, -0.15) is 23.5 Å². The van der Waals surface area contributed by atoms with Crippen molar-refractivity contribution >= 4 is 40.7 Å². The maximum Gasteiger partial charge on any atom is 0.435 e.